The van der Waals surface area contributed by atoms with Gasteiger partial charge in [0.2, 0.25) is 0 Å². The number of pyridine rings is 1. The van der Waals surface area contributed by atoms with Gasteiger partial charge in [-0.1, -0.05) is 120 Å². The molecular weight excluding hydrogens is 1210 g/mol. The molecule has 9 rings (SSSR count). The number of benzene rings is 8. The number of aromatic nitrogens is 1. The number of nitrogens with zero attached hydrogens (tertiary/aromatic N) is 1. The molecule has 0 aliphatic carbocycles. The molecule has 0 fully saturated rings. The van der Waals surface area contributed by atoms with Gasteiger partial charge in [0.05, 0.1) is 22.3 Å². The smallest absolute Gasteiger partial charge is 0.304 e. The number of hydrogen-bond acceptors (Lipinski definition) is 1. The molecule has 0 aliphatic heterocycles. The second-order valence-corrected chi connectivity index (χ2v) is 21.0. The minimum atomic E-state index is -5.32. The van der Waals surface area contributed by atoms with Gasteiger partial charge in [-0.15, -0.1) is 17.7 Å². The van der Waals surface area contributed by atoms with E-state index in [0.29, 0.717) is 35.0 Å². The Bertz CT molecular complexity index is 3470. The zero-order chi connectivity index (χ0) is 55.8. The quantitative estimate of drug-likeness (QED) is 0.114. The van der Waals surface area contributed by atoms with Crippen LogP contribution in [0, 0.1) is 11.9 Å². The van der Waals surface area contributed by atoms with Crippen molar-refractivity contribution in [2.24, 2.45) is 0 Å². The summed E-state index contributed by atoms with van der Waals surface area (Å²) in [5.41, 5.74) is -1.97. The zero-order valence-corrected chi connectivity index (χ0v) is 44.7. The van der Waals surface area contributed by atoms with E-state index < -0.39 is 75.0 Å². The molecule has 78 heavy (non-hydrogen) atoms. The van der Waals surface area contributed by atoms with E-state index in [2.05, 4.69) is 119 Å². The van der Waals surface area contributed by atoms with E-state index in [1.165, 1.54) is 12.3 Å². The Kier molecular flexibility index (Phi) is 15.1. The van der Waals surface area contributed by atoms with Gasteiger partial charge in [-0.05, 0) is 178 Å². The second kappa shape index (κ2) is 20.6. The molecule has 0 aliphatic rings. The van der Waals surface area contributed by atoms with Crippen molar-refractivity contribution in [3.8, 4) is 78.0 Å². The van der Waals surface area contributed by atoms with Gasteiger partial charge in [-0.2, -0.15) is 52.7 Å². The van der Waals surface area contributed by atoms with Crippen LogP contribution in [0.3, 0.4) is 0 Å². The Hall–Kier alpha value is -7.09. The van der Waals surface area contributed by atoms with Crippen LogP contribution in [0.15, 0.2) is 164 Å². The Morgan fingerprint density at radius 2 is 0.679 bits per heavy atom. The predicted molar refractivity (Wildman–Crippen MR) is 276 cm³/mol. The van der Waals surface area contributed by atoms with Gasteiger partial charge < -0.3 is 4.98 Å². The van der Waals surface area contributed by atoms with Crippen molar-refractivity contribution in [1.82, 2.24) is 4.98 Å². The van der Waals surface area contributed by atoms with E-state index in [0.717, 1.165) is 68.8 Å². The first-order valence-corrected chi connectivity index (χ1v) is 24.0. The van der Waals surface area contributed by atoms with Crippen molar-refractivity contribution in [3.63, 3.8) is 0 Å². The summed E-state index contributed by atoms with van der Waals surface area (Å²) in [7, 11) is 0. The van der Waals surface area contributed by atoms with Gasteiger partial charge in [0.25, 0.3) is 0 Å². The third-order valence-electron chi connectivity index (χ3n) is 13.4. The van der Waals surface area contributed by atoms with Crippen LogP contribution in [-0.4, -0.2) is 4.98 Å². The fourth-order valence-corrected chi connectivity index (χ4v) is 9.31. The third-order valence-corrected chi connectivity index (χ3v) is 13.4. The van der Waals surface area contributed by atoms with Crippen LogP contribution in [0.25, 0.3) is 88.8 Å². The Morgan fingerprint density at radius 1 is 0.333 bits per heavy atom. The van der Waals surface area contributed by atoms with Gasteiger partial charge in [0.15, 0.2) is 0 Å². The van der Waals surface area contributed by atoms with E-state index in [1.54, 1.807) is 18.2 Å². The zero-order valence-electron chi connectivity index (χ0n) is 42.3. The predicted octanol–water partition coefficient (Wildman–Crippen LogP) is 20.5. The summed E-state index contributed by atoms with van der Waals surface area (Å²) >= 11 is 0. The van der Waals surface area contributed by atoms with Gasteiger partial charge >= 0.3 is 24.7 Å². The normalized spacial score (nSPS) is 12.7. The van der Waals surface area contributed by atoms with Crippen molar-refractivity contribution in [2.75, 3.05) is 0 Å². The molecule has 15 heteroatoms. The SMILES string of the molecule is CC(C)(C)c1ccc(-c2cc(-c3ccc(C(C)(C)C)cc3)cc(-c3cccc4c(-c5[c-]c(F)cc(-c6cc(-c7cc(C(F)(F)F)cc(C(F)(F)F)c7)cc(-c7cc(C(F)(F)F)cc(C(F)(F)F)c7)c6)c5)nccc34)c2)cc1.[Ir]. The van der Waals surface area contributed by atoms with Gasteiger partial charge in [-0.25, -0.2) is 4.39 Å². The molecule has 1 heterocycles. The van der Waals surface area contributed by atoms with Crippen LogP contribution in [-0.2, 0) is 55.6 Å². The van der Waals surface area contributed by atoms with E-state index in [9.17, 15) is 52.7 Å². The van der Waals surface area contributed by atoms with Crippen molar-refractivity contribution < 1.29 is 77.2 Å². The molecule has 0 unspecified atom stereocenters. The van der Waals surface area contributed by atoms with E-state index >= 15 is 4.39 Å². The van der Waals surface area contributed by atoms with Crippen molar-refractivity contribution >= 4 is 10.8 Å². The number of alkyl halides is 12. The minimum absolute atomic E-state index is 0. The summed E-state index contributed by atoms with van der Waals surface area (Å²) in [5, 5.41) is 1.18. The molecule has 0 N–H and O–H groups in total. The summed E-state index contributed by atoms with van der Waals surface area (Å²) in [5.74, 6) is -1.02. The largest absolute Gasteiger partial charge is 0.416 e. The molecule has 9 aromatic rings. The maximum Gasteiger partial charge on any atom is 0.416 e. The van der Waals surface area contributed by atoms with Gasteiger partial charge in [0, 0.05) is 32.1 Å². The minimum Gasteiger partial charge on any atom is -0.304 e. The summed E-state index contributed by atoms with van der Waals surface area (Å²) in [6, 6.07) is 39.3. The fraction of sp³-hybridized carbons (Fsp3) is 0.190. The molecular formula is C63H45F13IrN-. The van der Waals surface area contributed by atoms with E-state index in [4.69, 9.17) is 0 Å². The maximum absolute atomic E-state index is 16.1. The van der Waals surface area contributed by atoms with Gasteiger partial charge in [0.1, 0.15) is 0 Å². The van der Waals surface area contributed by atoms with E-state index in [-0.39, 0.29) is 65.5 Å². The third kappa shape index (κ3) is 12.3. The Labute approximate surface area is 455 Å². The van der Waals surface area contributed by atoms with Crippen LogP contribution in [0.1, 0.15) is 74.9 Å². The molecule has 1 aromatic heterocycles. The van der Waals surface area contributed by atoms with Crippen LogP contribution >= 0.6 is 0 Å². The number of halogens is 13. The number of fused-ring (bicyclic) bond motifs is 1. The summed E-state index contributed by atoms with van der Waals surface area (Å²) in [4.78, 5) is 4.61. The molecule has 0 amide bonds. The standard InChI is InChI=1S/C63H45F13N.Ir/c1-58(2,3)47-14-10-35(11-15-47)37-20-38(36-12-16-48(17-13-36)59(4,5)6)25-45(24-37)54-8-7-9-56-55(54)18-19-77-57(56)46-26-42(31-53(64)32-46)39-21-40(43-27-49(60(65,66)67)33-50(28-43)61(68,69)70)23-41(22-39)44-29-51(62(71,72)73)34-52(30-44)63(74,75)76;/h7-31,33-34H,1-6H3;/q-1;. The van der Waals surface area contributed by atoms with Crippen LogP contribution < -0.4 is 0 Å². The Morgan fingerprint density at radius 3 is 1.05 bits per heavy atom. The first kappa shape index (κ1) is 57.1. The number of hydrogen-bond donors (Lipinski definition) is 0. The number of rotatable bonds is 7. The van der Waals surface area contributed by atoms with Gasteiger partial charge in [-0.3, -0.25) is 0 Å². The average Bonchev–Trinajstić information content (AvgIpc) is 3.43. The Balaban J connectivity index is 0.00000803. The molecule has 403 valence electrons. The molecule has 0 saturated heterocycles. The van der Waals surface area contributed by atoms with Crippen molar-refractivity contribution in [3.05, 3.63) is 209 Å². The molecule has 8 aromatic carbocycles. The molecule has 0 spiro atoms. The first-order valence-electron chi connectivity index (χ1n) is 24.0. The summed E-state index contributed by atoms with van der Waals surface area (Å²) < 4.78 is 186. The van der Waals surface area contributed by atoms with Crippen molar-refractivity contribution in [2.45, 2.75) is 77.1 Å². The summed E-state index contributed by atoms with van der Waals surface area (Å²) in [6.07, 6.45) is -19.8. The summed E-state index contributed by atoms with van der Waals surface area (Å²) in [6.45, 7) is 12.8. The monoisotopic (exact) mass is 1260 g/mol. The first-order chi connectivity index (χ1) is 35.8. The molecule has 0 saturated carbocycles. The molecule has 1 nitrogen and oxygen atoms in total. The second-order valence-electron chi connectivity index (χ2n) is 21.0. The molecule has 0 bridgehead atoms. The molecule has 1 radical (unpaired) electrons. The molecule has 0 atom stereocenters. The topological polar surface area (TPSA) is 12.9 Å². The average molecular weight is 1260 g/mol. The fourth-order valence-electron chi connectivity index (χ4n) is 9.31. The maximum atomic E-state index is 16.1. The van der Waals surface area contributed by atoms with Crippen LogP contribution in [0.5, 0.6) is 0 Å². The van der Waals surface area contributed by atoms with E-state index in [1.807, 2.05) is 6.07 Å². The van der Waals surface area contributed by atoms with Crippen LogP contribution in [0.4, 0.5) is 57.1 Å². The van der Waals surface area contributed by atoms with Crippen molar-refractivity contribution in [1.29, 1.82) is 0 Å². The van der Waals surface area contributed by atoms with Crippen LogP contribution in [0.2, 0.25) is 0 Å².